The number of benzene rings is 2. The first-order valence-electron chi connectivity index (χ1n) is 11.2. The summed E-state index contributed by atoms with van der Waals surface area (Å²) in [6.45, 7) is 0. The number of carbonyl (C=O) groups is 2. The standard InChI is InChI=1S/C27H28N2O4/c1-33-23-9-3-2-8-21(23)20-13-11-19(12-14-20)18-22(25(30)31)29-26(32)27(15-5-6-16-27)24-10-4-7-17-28-24/h2-4,7-14,17,22H,5-6,15-16,18H2,1H3,(H,29,32)(H,30,31)/t22-/m0/s1. The van der Waals surface area contributed by atoms with Crippen LogP contribution in [0, 0.1) is 0 Å². The molecule has 0 radical (unpaired) electrons. The molecule has 1 atom stereocenters. The van der Waals surface area contributed by atoms with Crippen LogP contribution in [-0.4, -0.2) is 35.1 Å². The van der Waals surface area contributed by atoms with E-state index in [-0.39, 0.29) is 12.3 Å². The van der Waals surface area contributed by atoms with Gasteiger partial charge in [-0.25, -0.2) is 4.79 Å². The van der Waals surface area contributed by atoms with E-state index in [1.54, 1.807) is 13.3 Å². The van der Waals surface area contributed by atoms with Crippen LogP contribution in [0.15, 0.2) is 72.9 Å². The molecule has 0 spiro atoms. The Hall–Kier alpha value is -3.67. The summed E-state index contributed by atoms with van der Waals surface area (Å²) in [6.07, 6.45) is 5.08. The number of methoxy groups -OCH3 is 1. The molecule has 1 saturated carbocycles. The highest BCUT2D eigenvalue weighted by molar-refractivity contribution is 5.91. The molecule has 2 N–H and O–H groups in total. The summed E-state index contributed by atoms with van der Waals surface area (Å²) in [5, 5.41) is 12.6. The predicted octanol–water partition coefficient (Wildman–Crippen LogP) is 4.38. The molecule has 1 heterocycles. The third-order valence-corrected chi connectivity index (χ3v) is 6.46. The van der Waals surface area contributed by atoms with Gasteiger partial charge in [-0.2, -0.15) is 0 Å². The Morgan fingerprint density at radius 1 is 1.03 bits per heavy atom. The number of amides is 1. The number of nitrogens with one attached hydrogen (secondary N) is 1. The van der Waals surface area contributed by atoms with E-state index in [2.05, 4.69) is 10.3 Å². The van der Waals surface area contributed by atoms with Crippen molar-refractivity contribution in [3.63, 3.8) is 0 Å². The van der Waals surface area contributed by atoms with Crippen molar-refractivity contribution in [2.75, 3.05) is 7.11 Å². The molecule has 6 heteroatoms. The van der Waals surface area contributed by atoms with Gasteiger partial charge in [0.1, 0.15) is 11.8 Å². The molecule has 0 aliphatic heterocycles. The van der Waals surface area contributed by atoms with Crippen LogP contribution in [0.1, 0.15) is 36.9 Å². The van der Waals surface area contributed by atoms with Gasteiger partial charge in [-0.1, -0.05) is 61.4 Å². The van der Waals surface area contributed by atoms with Gasteiger partial charge in [0.2, 0.25) is 5.91 Å². The zero-order valence-corrected chi connectivity index (χ0v) is 18.7. The molecule has 1 fully saturated rings. The van der Waals surface area contributed by atoms with Crippen molar-refractivity contribution in [2.24, 2.45) is 0 Å². The minimum Gasteiger partial charge on any atom is -0.496 e. The third-order valence-electron chi connectivity index (χ3n) is 6.46. The number of ether oxygens (including phenoxy) is 1. The highest BCUT2D eigenvalue weighted by Crippen LogP contribution is 2.40. The van der Waals surface area contributed by atoms with Crippen LogP contribution >= 0.6 is 0 Å². The monoisotopic (exact) mass is 444 g/mol. The lowest BCUT2D eigenvalue weighted by atomic mass is 9.81. The van der Waals surface area contributed by atoms with Gasteiger partial charge in [-0.05, 0) is 42.2 Å². The maximum absolute atomic E-state index is 13.4. The minimum atomic E-state index is -1.05. The third kappa shape index (κ3) is 4.75. The van der Waals surface area contributed by atoms with E-state index in [0.717, 1.165) is 35.3 Å². The lowest BCUT2D eigenvalue weighted by molar-refractivity contribution is -0.142. The van der Waals surface area contributed by atoms with Crippen LogP contribution in [0.25, 0.3) is 11.1 Å². The number of nitrogens with zero attached hydrogens (tertiary/aromatic N) is 1. The molecule has 1 aromatic heterocycles. The Morgan fingerprint density at radius 3 is 2.36 bits per heavy atom. The summed E-state index contributed by atoms with van der Waals surface area (Å²) in [6, 6.07) is 20.0. The molecule has 170 valence electrons. The number of rotatable bonds is 8. The largest absolute Gasteiger partial charge is 0.496 e. The number of pyridine rings is 1. The Bertz CT molecular complexity index is 1110. The summed E-state index contributed by atoms with van der Waals surface area (Å²) < 4.78 is 5.43. The van der Waals surface area contributed by atoms with Gasteiger partial charge in [0.25, 0.3) is 0 Å². The van der Waals surface area contributed by atoms with E-state index >= 15 is 0 Å². The van der Waals surface area contributed by atoms with Crippen LogP contribution in [-0.2, 0) is 21.4 Å². The van der Waals surface area contributed by atoms with E-state index in [0.29, 0.717) is 18.5 Å². The first kappa shape index (κ1) is 22.5. The molecular formula is C27H28N2O4. The lowest BCUT2D eigenvalue weighted by Gasteiger charge is -2.29. The van der Waals surface area contributed by atoms with Gasteiger partial charge in [0, 0.05) is 18.2 Å². The fourth-order valence-corrected chi connectivity index (χ4v) is 4.66. The SMILES string of the molecule is COc1ccccc1-c1ccc(C[C@H](NC(=O)C2(c3ccccn3)CCCC2)C(=O)O)cc1. The Labute approximate surface area is 193 Å². The molecule has 33 heavy (non-hydrogen) atoms. The highest BCUT2D eigenvalue weighted by atomic mass is 16.5. The van der Waals surface area contributed by atoms with Crippen molar-refractivity contribution >= 4 is 11.9 Å². The summed E-state index contributed by atoms with van der Waals surface area (Å²) >= 11 is 0. The topological polar surface area (TPSA) is 88.5 Å². The molecule has 1 aliphatic rings. The zero-order chi connectivity index (χ0) is 23.3. The van der Waals surface area contributed by atoms with E-state index in [4.69, 9.17) is 4.74 Å². The van der Waals surface area contributed by atoms with Crippen molar-refractivity contribution in [3.8, 4) is 16.9 Å². The molecule has 2 aromatic carbocycles. The quantitative estimate of drug-likeness (QED) is 0.538. The number of hydrogen-bond acceptors (Lipinski definition) is 4. The van der Waals surface area contributed by atoms with Crippen LogP contribution in [0.2, 0.25) is 0 Å². The van der Waals surface area contributed by atoms with Crippen molar-refractivity contribution in [1.82, 2.24) is 10.3 Å². The van der Waals surface area contributed by atoms with Gasteiger partial charge >= 0.3 is 5.97 Å². The van der Waals surface area contributed by atoms with Gasteiger partial charge in [-0.15, -0.1) is 0 Å². The molecule has 0 bridgehead atoms. The predicted molar refractivity (Wildman–Crippen MR) is 126 cm³/mol. The van der Waals surface area contributed by atoms with Crippen LogP contribution in [0.5, 0.6) is 5.75 Å². The Kier molecular flexibility index (Phi) is 6.73. The Morgan fingerprint density at radius 2 is 1.73 bits per heavy atom. The lowest BCUT2D eigenvalue weighted by Crippen LogP contribution is -2.50. The fourth-order valence-electron chi connectivity index (χ4n) is 4.66. The molecule has 3 aromatic rings. The normalized spacial score (nSPS) is 15.5. The van der Waals surface area contributed by atoms with Gasteiger partial charge in [0.05, 0.1) is 18.2 Å². The average Bonchev–Trinajstić information content (AvgIpc) is 3.36. The van der Waals surface area contributed by atoms with E-state index in [9.17, 15) is 14.7 Å². The Balaban J connectivity index is 1.51. The number of aliphatic carboxylic acids is 1. The number of carboxylic acid groups (broad SMARTS) is 1. The van der Waals surface area contributed by atoms with Crippen LogP contribution in [0.3, 0.4) is 0 Å². The number of carbonyl (C=O) groups excluding carboxylic acids is 1. The van der Waals surface area contributed by atoms with Gasteiger partial charge < -0.3 is 15.2 Å². The minimum absolute atomic E-state index is 0.200. The number of aromatic nitrogens is 1. The molecule has 4 rings (SSSR count). The molecule has 6 nitrogen and oxygen atoms in total. The fraction of sp³-hybridized carbons (Fsp3) is 0.296. The van der Waals surface area contributed by atoms with Gasteiger partial charge in [-0.3, -0.25) is 9.78 Å². The summed E-state index contributed by atoms with van der Waals surface area (Å²) in [5.74, 6) is -0.527. The number of carboxylic acids is 1. The zero-order valence-electron chi connectivity index (χ0n) is 18.7. The summed E-state index contributed by atoms with van der Waals surface area (Å²) in [7, 11) is 1.63. The van der Waals surface area contributed by atoms with Crippen molar-refractivity contribution in [1.29, 1.82) is 0 Å². The van der Waals surface area contributed by atoms with E-state index in [1.807, 2.05) is 66.7 Å². The second kappa shape index (κ2) is 9.86. The summed E-state index contributed by atoms with van der Waals surface area (Å²) in [5.41, 5.74) is 2.73. The molecule has 1 amide bonds. The van der Waals surface area contributed by atoms with Crippen molar-refractivity contribution in [2.45, 2.75) is 43.6 Å². The average molecular weight is 445 g/mol. The number of para-hydroxylation sites is 1. The molecule has 0 unspecified atom stereocenters. The second-order valence-corrected chi connectivity index (χ2v) is 8.47. The van der Waals surface area contributed by atoms with E-state index < -0.39 is 17.4 Å². The highest BCUT2D eigenvalue weighted by Gasteiger charge is 2.45. The molecule has 0 saturated heterocycles. The van der Waals surface area contributed by atoms with Crippen molar-refractivity contribution in [3.05, 3.63) is 84.2 Å². The van der Waals surface area contributed by atoms with E-state index in [1.165, 1.54) is 0 Å². The maximum atomic E-state index is 13.4. The molecule has 1 aliphatic carbocycles. The molecular weight excluding hydrogens is 416 g/mol. The van der Waals surface area contributed by atoms with Crippen LogP contribution < -0.4 is 10.1 Å². The van der Waals surface area contributed by atoms with Gasteiger partial charge in [0.15, 0.2) is 0 Å². The second-order valence-electron chi connectivity index (χ2n) is 8.47. The first-order chi connectivity index (χ1) is 16.0. The number of hydrogen-bond donors (Lipinski definition) is 2. The summed E-state index contributed by atoms with van der Waals surface area (Å²) in [4.78, 5) is 29.8. The first-order valence-corrected chi connectivity index (χ1v) is 11.2. The smallest absolute Gasteiger partial charge is 0.326 e. The maximum Gasteiger partial charge on any atom is 0.326 e. The van der Waals surface area contributed by atoms with Crippen LogP contribution in [0.4, 0.5) is 0 Å². The van der Waals surface area contributed by atoms with Crippen molar-refractivity contribution < 1.29 is 19.4 Å².